The van der Waals surface area contributed by atoms with Crippen LogP contribution in [0.1, 0.15) is 28.8 Å². The van der Waals surface area contributed by atoms with Crippen LogP contribution in [0.5, 0.6) is 5.75 Å². The zero-order valence-electron chi connectivity index (χ0n) is 7.01. The summed E-state index contributed by atoms with van der Waals surface area (Å²) in [5.74, 6) is 0.385. The van der Waals surface area contributed by atoms with E-state index in [1.807, 2.05) is 28.7 Å². The van der Waals surface area contributed by atoms with Gasteiger partial charge in [-0.1, -0.05) is 6.07 Å². The number of fused-ring (bicyclic) bond motifs is 1. The number of aryl methyl sites for hydroxylation is 1. The van der Waals surface area contributed by atoms with Crippen LogP contribution in [-0.2, 0) is 6.42 Å². The van der Waals surface area contributed by atoms with Gasteiger partial charge in [0.1, 0.15) is 5.75 Å². The van der Waals surface area contributed by atoms with Crippen LogP contribution >= 0.6 is 22.6 Å². The second kappa shape index (κ2) is 3.29. The fraction of sp³-hybridized carbons (Fsp3) is 0.300. The van der Waals surface area contributed by atoms with E-state index in [4.69, 9.17) is 0 Å². The van der Waals surface area contributed by atoms with Gasteiger partial charge in [0.15, 0.2) is 5.78 Å². The van der Waals surface area contributed by atoms with Crippen molar-refractivity contribution in [2.75, 3.05) is 0 Å². The lowest BCUT2D eigenvalue weighted by Gasteiger charge is -2.16. The number of phenolic OH excluding ortho intramolecular Hbond substituents is 1. The van der Waals surface area contributed by atoms with Crippen molar-refractivity contribution in [3.05, 3.63) is 26.8 Å². The molecule has 1 aromatic carbocycles. The molecule has 3 heteroatoms. The molecule has 0 heterocycles. The molecule has 0 bridgehead atoms. The van der Waals surface area contributed by atoms with E-state index in [9.17, 15) is 9.90 Å². The van der Waals surface area contributed by atoms with Crippen molar-refractivity contribution in [2.24, 2.45) is 0 Å². The van der Waals surface area contributed by atoms with Gasteiger partial charge in [0.25, 0.3) is 0 Å². The molecule has 0 fully saturated rings. The van der Waals surface area contributed by atoms with E-state index in [0.29, 0.717) is 9.99 Å². The molecule has 1 aliphatic carbocycles. The van der Waals surface area contributed by atoms with Crippen molar-refractivity contribution >= 4 is 28.4 Å². The zero-order valence-corrected chi connectivity index (χ0v) is 9.17. The molecule has 1 N–H and O–H groups in total. The third-order valence-corrected chi connectivity index (χ3v) is 3.43. The van der Waals surface area contributed by atoms with Crippen LogP contribution in [-0.4, -0.2) is 10.9 Å². The Bertz CT molecular complexity index is 371. The Balaban J connectivity index is 2.65. The molecule has 0 aromatic heterocycles. The first kappa shape index (κ1) is 8.99. The molecule has 0 unspecified atom stereocenters. The molecule has 68 valence electrons. The van der Waals surface area contributed by atoms with Crippen molar-refractivity contribution in [3.8, 4) is 5.75 Å². The highest BCUT2D eigenvalue weighted by molar-refractivity contribution is 14.1. The number of carbonyl (C=O) groups is 1. The number of hydrogen-bond acceptors (Lipinski definition) is 2. The largest absolute Gasteiger partial charge is 0.507 e. The number of Topliss-reactive ketones (excluding diaryl/α,β-unsaturated/α-hetero) is 1. The second-order valence-corrected chi connectivity index (χ2v) is 4.29. The van der Waals surface area contributed by atoms with E-state index in [-0.39, 0.29) is 11.5 Å². The molecule has 0 saturated carbocycles. The van der Waals surface area contributed by atoms with Crippen molar-refractivity contribution in [1.29, 1.82) is 0 Å². The molecule has 2 nitrogen and oxygen atoms in total. The van der Waals surface area contributed by atoms with Gasteiger partial charge in [-0.2, -0.15) is 0 Å². The van der Waals surface area contributed by atoms with Gasteiger partial charge >= 0.3 is 0 Å². The van der Waals surface area contributed by atoms with Crippen LogP contribution in [0.3, 0.4) is 0 Å². The molecule has 0 saturated heterocycles. The standard InChI is InChI=1S/C10H9IO2/c11-10-8(13)5-4-6-2-1-3-7(12)9(6)10/h4-5,13H,1-3H2. The van der Waals surface area contributed by atoms with E-state index in [2.05, 4.69) is 0 Å². The van der Waals surface area contributed by atoms with Gasteiger partial charge in [0.05, 0.1) is 3.57 Å². The molecule has 0 amide bonds. The molecule has 1 aliphatic rings. The van der Waals surface area contributed by atoms with Gasteiger partial charge in [-0.3, -0.25) is 4.79 Å². The number of aromatic hydroxyl groups is 1. The summed E-state index contributed by atoms with van der Waals surface area (Å²) < 4.78 is 0.708. The average Bonchev–Trinajstić information content (AvgIpc) is 2.12. The summed E-state index contributed by atoms with van der Waals surface area (Å²) in [4.78, 5) is 11.5. The summed E-state index contributed by atoms with van der Waals surface area (Å²) in [6, 6.07) is 3.52. The highest BCUT2D eigenvalue weighted by Gasteiger charge is 2.21. The number of phenols is 1. The SMILES string of the molecule is O=C1CCCc2ccc(O)c(I)c21. The van der Waals surface area contributed by atoms with E-state index in [1.54, 1.807) is 6.07 Å². The van der Waals surface area contributed by atoms with E-state index in [0.717, 1.165) is 24.0 Å². The lowest BCUT2D eigenvalue weighted by Crippen LogP contribution is -2.12. The summed E-state index contributed by atoms with van der Waals surface area (Å²) in [5, 5.41) is 9.43. The summed E-state index contributed by atoms with van der Waals surface area (Å²) in [5.41, 5.74) is 1.82. The summed E-state index contributed by atoms with van der Waals surface area (Å²) >= 11 is 2.03. The first-order valence-electron chi connectivity index (χ1n) is 4.23. The molecule has 13 heavy (non-hydrogen) atoms. The Hall–Kier alpha value is -0.580. The average molecular weight is 288 g/mol. The minimum atomic E-state index is 0.168. The van der Waals surface area contributed by atoms with Crippen LogP contribution in [0.4, 0.5) is 0 Å². The normalized spacial score (nSPS) is 15.6. The fourth-order valence-electron chi connectivity index (χ4n) is 1.68. The molecule has 0 radical (unpaired) electrons. The number of halogens is 1. The lowest BCUT2D eigenvalue weighted by molar-refractivity contribution is 0.0971. The fourth-order valence-corrected chi connectivity index (χ4v) is 2.51. The van der Waals surface area contributed by atoms with Gasteiger partial charge < -0.3 is 5.11 Å². The van der Waals surface area contributed by atoms with Crippen molar-refractivity contribution in [1.82, 2.24) is 0 Å². The molecule has 0 aliphatic heterocycles. The maximum atomic E-state index is 11.5. The van der Waals surface area contributed by atoms with Gasteiger partial charge in [0.2, 0.25) is 0 Å². The zero-order chi connectivity index (χ0) is 9.42. The molecule has 2 rings (SSSR count). The maximum Gasteiger partial charge on any atom is 0.164 e. The Morgan fingerprint density at radius 1 is 1.31 bits per heavy atom. The Morgan fingerprint density at radius 2 is 2.08 bits per heavy atom. The van der Waals surface area contributed by atoms with Crippen LogP contribution < -0.4 is 0 Å². The highest BCUT2D eigenvalue weighted by Crippen LogP contribution is 2.31. The molecular weight excluding hydrogens is 279 g/mol. The summed E-state index contributed by atoms with van der Waals surface area (Å²) in [6.07, 6.45) is 2.51. The Labute approximate surface area is 90.1 Å². The van der Waals surface area contributed by atoms with Crippen LogP contribution in [0.15, 0.2) is 12.1 Å². The number of hydrogen-bond donors (Lipinski definition) is 1. The summed E-state index contributed by atoms with van der Waals surface area (Å²) in [6.45, 7) is 0. The van der Waals surface area contributed by atoms with Crippen LogP contribution in [0, 0.1) is 3.57 Å². The van der Waals surface area contributed by atoms with Gasteiger partial charge in [-0.15, -0.1) is 0 Å². The maximum absolute atomic E-state index is 11.5. The number of rotatable bonds is 0. The van der Waals surface area contributed by atoms with Crippen LogP contribution in [0.2, 0.25) is 0 Å². The Kier molecular flexibility index (Phi) is 2.27. The summed E-state index contributed by atoms with van der Waals surface area (Å²) in [7, 11) is 0. The Morgan fingerprint density at radius 3 is 2.85 bits per heavy atom. The molecular formula is C10H9IO2. The lowest BCUT2D eigenvalue weighted by atomic mass is 9.91. The third kappa shape index (κ3) is 1.45. The van der Waals surface area contributed by atoms with E-state index >= 15 is 0 Å². The van der Waals surface area contributed by atoms with Crippen molar-refractivity contribution < 1.29 is 9.90 Å². The minimum Gasteiger partial charge on any atom is -0.507 e. The first-order valence-corrected chi connectivity index (χ1v) is 5.31. The first-order chi connectivity index (χ1) is 6.20. The van der Waals surface area contributed by atoms with E-state index < -0.39 is 0 Å². The van der Waals surface area contributed by atoms with E-state index in [1.165, 1.54) is 0 Å². The number of benzene rings is 1. The highest BCUT2D eigenvalue weighted by atomic mass is 127. The van der Waals surface area contributed by atoms with Gasteiger partial charge in [-0.25, -0.2) is 0 Å². The molecule has 0 atom stereocenters. The van der Waals surface area contributed by atoms with Gasteiger partial charge in [0, 0.05) is 12.0 Å². The predicted molar refractivity (Wildman–Crippen MR) is 58.1 cm³/mol. The smallest absolute Gasteiger partial charge is 0.164 e. The second-order valence-electron chi connectivity index (χ2n) is 3.21. The van der Waals surface area contributed by atoms with Crippen molar-refractivity contribution in [3.63, 3.8) is 0 Å². The topological polar surface area (TPSA) is 37.3 Å². The minimum absolute atomic E-state index is 0.168. The molecule has 0 spiro atoms. The third-order valence-electron chi connectivity index (χ3n) is 2.34. The van der Waals surface area contributed by atoms with Crippen molar-refractivity contribution in [2.45, 2.75) is 19.3 Å². The quantitative estimate of drug-likeness (QED) is 0.745. The molecule has 1 aromatic rings. The van der Waals surface area contributed by atoms with Gasteiger partial charge in [-0.05, 0) is 47.1 Å². The number of carbonyl (C=O) groups excluding carboxylic acids is 1. The number of ketones is 1. The predicted octanol–water partition coefficient (Wildman–Crippen LogP) is 2.52. The van der Waals surface area contributed by atoms with Crippen LogP contribution in [0.25, 0.3) is 0 Å². The monoisotopic (exact) mass is 288 g/mol.